The molecule has 0 radical (unpaired) electrons. The fourth-order valence-corrected chi connectivity index (χ4v) is 2.72. The minimum Gasteiger partial charge on any atom is -0.465 e. The predicted molar refractivity (Wildman–Crippen MR) is 82.7 cm³/mol. The molecule has 3 rings (SSSR count). The Hall–Kier alpha value is -2.22. The van der Waals surface area contributed by atoms with Crippen molar-refractivity contribution in [2.75, 3.05) is 12.4 Å². The third-order valence-electron chi connectivity index (χ3n) is 3.09. The summed E-state index contributed by atoms with van der Waals surface area (Å²) in [5.74, 6) is -0.0704. The van der Waals surface area contributed by atoms with Gasteiger partial charge in [0.2, 0.25) is 0 Å². The van der Waals surface area contributed by atoms with E-state index in [0.717, 1.165) is 23.7 Å². The summed E-state index contributed by atoms with van der Waals surface area (Å²) in [6.07, 6.45) is 1.87. The van der Waals surface area contributed by atoms with Crippen molar-refractivity contribution in [2.45, 2.75) is 24.9 Å². The molecule has 3 aromatic rings. The van der Waals surface area contributed by atoms with Crippen molar-refractivity contribution in [1.82, 2.24) is 25.0 Å². The van der Waals surface area contributed by atoms with Crippen LogP contribution in [0.5, 0.6) is 0 Å². The van der Waals surface area contributed by atoms with Gasteiger partial charge in [-0.15, -0.1) is 5.10 Å². The topological polar surface area (TPSA) is 82.3 Å². The number of para-hydroxylation sites is 1. The van der Waals surface area contributed by atoms with Crippen molar-refractivity contribution in [1.29, 1.82) is 0 Å². The van der Waals surface area contributed by atoms with Crippen LogP contribution in [0.2, 0.25) is 0 Å². The van der Waals surface area contributed by atoms with Gasteiger partial charge in [0.1, 0.15) is 0 Å². The Morgan fingerprint density at radius 3 is 3.09 bits per heavy atom. The van der Waals surface area contributed by atoms with E-state index in [4.69, 9.17) is 4.74 Å². The summed E-state index contributed by atoms with van der Waals surface area (Å²) in [6.45, 7) is 2.51. The second kappa shape index (κ2) is 6.69. The molecule has 0 saturated heterocycles. The van der Waals surface area contributed by atoms with Crippen molar-refractivity contribution in [3.8, 4) is 0 Å². The molecule has 22 heavy (non-hydrogen) atoms. The Morgan fingerprint density at radius 2 is 2.23 bits per heavy atom. The highest BCUT2D eigenvalue weighted by Crippen LogP contribution is 2.22. The van der Waals surface area contributed by atoms with Gasteiger partial charge in [0.25, 0.3) is 0 Å². The van der Waals surface area contributed by atoms with Gasteiger partial charge in [-0.1, -0.05) is 37.2 Å². The Labute approximate surface area is 131 Å². The molecule has 0 saturated carbocycles. The fourth-order valence-electron chi connectivity index (χ4n) is 1.98. The zero-order valence-corrected chi connectivity index (χ0v) is 12.9. The minimum atomic E-state index is -0.255. The van der Waals surface area contributed by atoms with E-state index in [0.29, 0.717) is 17.4 Å². The summed E-state index contributed by atoms with van der Waals surface area (Å²) < 4.78 is 6.68. The summed E-state index contributed by atoms with van der Waals surface area (Å²) in [4.78, 5) is 16.2. The second-order valence-electron chi connectivity index (χ2n) is 4.69. The highest BCUT2D eigenvalue weighted by molar-refractivity contribution is 7.99. The van der Waals surface area contributed by atoms with Crippen LogP contribution in [0, 0.1) is 0 Å². The van der Waals surface area contributed by atoms with E-state index < -0.39 is 0 Å². The lowest BCUT2D eigenvalue weighted by atomic mass is 10.2. The number of rotatable bonds is 6. The van der Waals surface area contributed by atoms with Crippen LogP contribution < -0.4 is 0 Å². The Morgan fingerprint density at radius 1 is 1.36 bits per heavy atom. The Kier molecular flexibility index (Phi) is 4.47. The van der Waals surface area contributed by atoms with Gasteiger partial charge in [0.15, 0.2) is 10.8 Å². The van der Waals surface area contributed by atoms with Crippen LogP contribution in [0.1, 0.15) is 19.8 Å². The van der Waals surface area contributed by atoms with Crippen LogP contribution in [0.3, 0.4) is 0 Å². The molecule has 0 spiro atoms. The number of hydrogen-bond donors (Lipinski definition) is 0. The monoisotopic (exact) mass is 317 g/mol. The highest BCUT2D eigenvalue weighted by Gasteiger charge is 2.13. The van der Waals surface area contributed by atoms with Gasteiger partial charge < -0.3 is 4.74 Å². The predicted octanol–water partition coefficient (Wildman–Crippen LogP) is 2.11. The maximum absolute atomic E-state index is 11.7. The molecule has 2 heterocycles. The summed E-state index contributed by atoms with van der Waals surface area (Å²) in [5, 5.41) is 13.1. The van der Waals surface area contributed by atoms with Gasteiger partial charge in [-0.05, 0) is 29.0 Å². The molecule has 2 aromatic heterocycles. The molecule has 0 atom stereocenters. The van der Waals surface area contributed by atoms with Gasteiger partial charge in [-0.3, -0.25) is 4.79 Å². The average molecular weight is 317 g/mol. The van der Waals surface area contributed by atoms with E-state index in [9.17, 15) is 4.79 Å². The minimum absolute atomic E-state index is 0.185. The highest BCUT2D eigenvalue weighted by atomic mass is 32.2. The number of thioether (sulfide) groups is 1. The third-order valence-corrected chi connectivity index (χ3v) is 3.99. The molecular formula is C14H15N5O2S. The number of ether oxygens (including phenoxy) is 1. The van der Waals surface area contributed by atoms with E-state index in [1.54, 1.807) is 4.52 Å². The van der Waals surface area contributed by atoms with Crippen molar-refractivity contribution in [2.24, 2.45) is 0 Å². The second-order valence-corrected chi connectivity index (χ2v) is 5.63. The molecule has 114 valence electrons. The van der Waals surface area contributed by atoms with Gasteiger partial charge >= 0.3 is 5.97 Å². The zero-order chi connectivity index (χ0) is 15.4. The number of fused-ring (bicyclic) bond motifs is 3. The van der Waals surface area contributed by atoms with Crippen molar-refractivity contribution < 1.29 is 9.53 Å². The number of carbonyl (C=O) groups excluding carboxylic acids is 1. The Bertz CT molecular complexity index is 804. The number of aromatic nitrogens is 5. The van der Waals surface area contributed by atoms with Gasteiger partial charge in [0.05, 0.1) is 17.9 Å². The summed E-state index contributed by atoms with van der Waals surface area (Å²) in [5.41, 5.74) is 1.43. The number of benzene rings is 1. The van der Waals surface area contributed by atoms with Crippen molar-refractivity contribution >= 4 is 34.3 Å². The van der Waals surface area contributed by atoms with Crippen LogP contribution >= 0.6 is 11.8 Å². The number of unbranched alkanes of at least 4 members (excludes halogenated alkanes) is 1. The average Bonchev–Trinajstić information content (AvgIpc) is 3.03. The third kappa shape index (κ3) is 3.01. The SMILES string of the molecule is CCCCOC(=O)CSc1nc2ccccc2c2nnnn12. The normalized spacial score (nSPS) is 11.1. The molecule has 7 nitrogen and oxygen atoms in total. The Balaban J connectivity index is 1.80. The van der Waals surface area contributed by atoms with Crippen LogP contribution in [0.4, 0.5) is 0 Å². The number of esters is 1. The van der Waals surface area contributed by atoms with E-state index in [1.165, 1.54) is 11.8 Å². The van der Waals surface area contributed by atoms with Crippen molar-refractivity contribution in [3.05, 3.63) is 24.3 Å². The molecule has 0 bridgehead atoms. The van der Waals surface area contributed by atoms with Gasteiger partial charge in [0, 0.05) is 5.39 Å². The van der Waals surface area contributed by atoms with E-state index in [2.05, 4.69) is 27.4 Å². The smallest absolute Gasteiger partial charge is 0.316 e. The van der Waals surface area contributed by atoms with Crippen LogP contribution in [0.15, 0.2) is 29.4 Å². The summed E-state index contributed by atoms with van der Waals surface area (Å²) >= 11 is 1.27. The first-order valence-electron chi connectivity index (χ1n) is 7.05. The molecule has 8 heteroatoms. The lowest BCUT2D eigenvalue weighted by Gasteiger charge is -2.06. The maximum atomic E-state index is 11.7. The summed E-state index contributed by atoms with van der Waals surface area (Å²) in [7, 11) is 0. The molecule has 0 aliphatic rings. The lowest BCUT2D eigenvalue weighted by molar-refractivity contribution is -0.140. The molecule has 0 aliphatic heterocycles. The van der Waals surface area contributed by atoms with E-state index in [-0.39, 0.29) is 11.7 Å². The first kappa shape index (κ1) is 14.7. The molecule has 0 unspecified atom stereocenters. The van der Waals surface area contributed by atoms with E-state index >= 15 is 0 Å². The van der Waals surface area contributed by atoms with Crippen LogP contribution in [-0.2, 0) is 9.53 Å². The molecular weight excluding hydrogens is 302 g/mol. The standard InChI is InChI=1S/C14H15N5O2S/c1-2-3-8-21-12(20)9-22-14-15-11-7-5-4-6-10(11)13-16-17-18-19(13)14/h4-7H,2-3,8-9H2,1H3. The van der Waals surface area contributed by atoms with Gasteiger partial charge in [-0.2, -0.15) is 4.52 Å². The summed E-state index contributed by atoms with van der Waals surface area (Å²) in [6, 6.07) is 7.63. The number of tetrazole rings is 1. The van der Waals surface area contributed by atoms with Gasteiger partial charge in [-0.25, -0.2) is 4.98 Å². The van der Waals surface area contributed by atoms with Crippen LogP contribution in [0.25, 0.3) is 16.6 Å². The first-order valence-corrected chi connectivity index (χ1v) is 8.03. The first-order chi connectivity index (χ1) is 10.8. The van der Waals surface area contributed by atoms with Crippen molar-refractivity contribution in [3.63, 3.8) is 0 Å². The van der Waals surface area contributed by atoms with E-state index in [1.807, 2.05) is 24.3 Å². The maximum Gasteiger partial charge on any atom is 0.316 e. The quantitative estimate of drug-likeness (QED) is 0.298. The largest absolute Gasteiger partial charge is 0.465 e. The van der Waals surface area contributed by atoms with Crippen LogP contribution in [-0.4, -0.2) is 43.4 Å². The molecule has 1 aromatic carbocycles. The molecule has 0 fully saturated rings. The number of hydrogen-bond acceptors (Lipinski definition) is 7. The fraction of sp³-hybridized carbons (Fsp3) is 0.357. The lowest BCUT2D eigenvalue weighted by Crippen LogP contribution is -2.09. The number of carbonyl (C=O) groups is 1. The molecule has 0 aliphatic carbocycles. The molecule has 0 N–H and O–H groups in total. The zero-order valence-electron chi connectivity index (χ0n) is 12.1. The number of nitrogens with zero attached hydrogens (tertiary/aromatic N) is 5. The molecule has 0 amide bonds.